The molecule has 0 fully saturated rings. The molecule has 0 saturated carbocycles. The molecule has 0 radical (unpaired) electrons. The predicted octanol–water partition coefficient (Wildman–Crippen LogP) is 4.21. The first-order chi connectivity index (χ1) is 13.0. The number of nitrogens with zero attached hydrogens (tertiary/aromatic N) is 4. The number of aryl methyl sites for hydroxylation is 1. The van der Waals surface area contributed by atoms with Gasteiger partial charge in [-0.3, -0.25) is 0 Å². The molecular weight excluding hydrogens is 393 g/mol. The fourth-order valence-electron chi connectivity index (χ4n) is 2.39. The third-order valence-electron chi connectivity index (χ3n) is 3.88. The van der Waals surface area contributed by atoms with Crippen molar-refractivity contribution in [3.63, 3.8) is 0 Å². The Hall–Kier alpha value is -2.03. The lowest BCUT2D eigenvalue weighted by Crippen LogP contribution is -2.25. The maximum atomic E-state index is 11.5. The van der Waals surface area contributed by atoms with E-state index < -0.39 is 6.16 Å². The Kier molecular flexibility index (Phi) is 8.15. The molecule has 1 N–H and O–H groups in total. The summed E-state index contributed by atoms with van der Waals surface area (Å²) in [6.07, 6.45) is -0.0115. The van der Waals surface area contributed by atoms with Crippen molar-refractivity contribution in [1.29, 1.82) is 0 Å². The van der Waals surface area contributed by atoms with Crippen LogP contribution in [0.1, 0.15) is 20.3 Å². The fraction of sp³-hybridized carbons (Fsp3) is 0.471. The van der Waals surface area contributed by atoms with Crippen LogP contribution in [0.2, 0.25) is 10.0 Å². The Bertz CT molecular complexity index is 765. The smallest absolute Gasteiger partial charge is 0.437 e. The Balaban J connectivity index is 2.13. The summed E-state index contributed by atoms with van der Waals surface area (Å²) in [4.78, 5) is 15.3. The number of benzene rings is 1. The molecule has 1 aromatic heterocycles. The molecule has 0 unspecified atom stereocenters. The highest BCUT2D eigenvalue weighted by Crippen LogP contribution is 2.29. The van der Waals surface area contributed by atoms with Gasteiger partial charge in [0.15, 0.2) is 0 Å². The number of carbonyl (C=O) groups excluding carboxylic acids is 1. The summed E-state index contributed by atoms with van der Waals surface area (Å²) in [5, 5.41) is 12.4. The van der Waals surface area contributed by atoms with E-state index in [2.05, 4.69) is 39.0 Å². The molecule has 0 aliphatic carbocycles. The summed E-state index contributed by atoms with van der Waals surface area (Å²) in [6, 6.07) is 5.03. The van der Waals surface area contributed by atoms with Crippen LogP contribution in [-0.2, 0) is 11.3 Å². The van der Waals surface area contributed by atoms with Crippen LogP contribution in [0.15, 0.2) is 18.2 Å². The van der Waals surface area contributed by atoms with Crippen LogP contribution in [0, 0.1) is 0 Å². The topological polar surface area (TPSA) is 81.5 Å². The largest absolute Gasteiger partial charge is 0.515 e. The minimum atomic E-state index is -0.873. The zero-order valence-electron chi connectivity index (χ0n) is 15.5. The molecule has 10 heteroatoms. The van der Waals surface area contributed by atoms with Crippen molar-refractivity contribution in [2.24, 2.45) is 0 Å². The Morgan fingerprint density at radius 3 is 2.59 bits per heavy atom. The Morgan fingerprint density at radius 1 is 1.22 bits per heavy atom. The molecule has 0 spiro atoms. The summed E-state index contributed by atoms with van der Waals surface area (Å²) < 4.78 is 9.62. The van der Waals surface area contributed by atoms with Crippen LogP contribution in [0.4, 0.5) is 16.3 Å². The monoisotopic (exact) mass is 415 g/mol. The van der Waals surface area contributed by atoms with E-state index >= 15 is 0 Å². The molecule has 0 saturated heterocycles. The third kappa shape index (κ3) is 6.27. The van der Waals surface area contributed by atoms with Gasteiger partial charge in [-0.25, -0.2) is 4.79 Å². The Labute approximate surface area is 168 Å². The van der Waals surface area contributed by atoms with Gasteiger partial charge in [-0.1, -0.05) is 37.0 Å². The van der Waals surface area contributed by atoms with E-state index in [0.29, 0.717) is 22.3 Å². The number of ether oxygens (including phenoxy) is 2. The fourth-order valence-corrected chi connectivity index (χ4v) is 2.68. The van der Waals surface area contributed by atoms with Crippen LogP contribution >= 0.6 is 23.2 Å². The van der Waals surface area contributed by atoms with Crippen molar-refractivity contribution < 1.29 is 14.3 Å². The molecule has 0 amide bonds. The average Bonchev–Trinajstić information content (AvgIpc) is 3.03. The van der Waals surface area contributed by atoms with Gasteiger partial charge in [0, 0.05) is 5.69 Å². The number of hydrogen-bond acceptors (Lipinski definition) is 7. The zero-order chi connectivity index (χ0) is 19.8. The number of nitrogens with one attached hydrogen (secondary N) is 1. The van der Waals surface area contributed by atoms with E-state index in [9.17, 15) is 4.79 Å². The van der Waals surface area contributed by atoms with Crippen LogP contribution in [0.5, 0.6) is 5.88 Å². The van der Waals surface area contributed by atoms with Crippen LogP contribution in [0.25, 0.3) is 0 Å². The number of hydrogen-bond donors (Lipinski definition) is 1. The van der Waals surface area contributed by atoms with Gasteiger partial charge >= 0.3 is 6.16 Å². The highest BCUT2D eigenvalue weighted by atomic mass is 35.5. The van der Waals surface area contributed by atoms with Crippen molar-refractivity contribution in [3.8, 4) is 5.88 Å². The standard InChI is InChI=1S/C17H23Cl2N5O3/c1-4-23(5-2)9-6-10-24-21-15(16(22-24)27-17(25)26-3)20-12-7-8-13(18)14(19)11-12/h7-8,11H,4-6,9-10H2,1-3H3,(H,20,21). The number of anilines is 2. The molecule has 1 aromatic carbocycles. The summed E-state index contributed by atoms with van der Waals surface area (Å²) in [5.41, 5.74) is 0.634. The van der Waals surface area contributed by atoms with Gasteiger partial charge in [0.1, 0.15) is 0 Å². The van der Waals surface area contributed by atoms with Gasteiger partial charge in [-0.15, -0.1) is 10.2 Å². The van der Waals surface area contributed by atoms with Gasteiger partial charge in [0.05, 0.1) is 23.7 Å². The second-order valence-corrected chi connectivity index (χ2v) is 6.45. The predicted molar refractivity (Wildman–Crippen MR) is 105 cm³/mol. The Morgan fingerprint density at radius 2 is 1.96 bits per heavy atom. The van der Waals surface area contributed by atoms with E-state index in [0.717, 1.165) is 26.1 Å². The summed E-state index contributed by atoms with van der Waals surface area (Å²) in [7, 11) is 1.23. The van der Waals surface area contributed by atoms with Crippen molar-refractivity contribution >= 4 is 40.9 Å². The van der Waals surface area contributed by atoms with Gasteiger partial charge in [0.2, 0.25) is 5.82 Å². The molecule has 148 valence electrons. The second-order valence-electron chi connectivity index (χ2n) is 5.64. The molecule has 2 rings (SSSR count). The molecule has 8 nitrogen and oxygen atoms in total. The van der Waals surface area contributed by atoms with E-state index in [-0.39, 0.29) is 11.7 Å². The maximum Gasteiger partial charge on any atom is 0.515 e. The van der Waals surface area contributed by atoms with E-state index in [1.807, 2.05) is 0 Å². The lowest BCUT2D eigenvalue weighted by Gasteiger charge is -2.17. The number of rotatable bonds is 9. The van der Waals surface area contributed by atoms with Crippen LogP contribution < -0.4 is 10.1 Å². The van der Waals surface area contributed by atoms with Gasteiger partial charge < -0.3 is 19.7 Å². The molecule has 27 heavy (non-hydrogen) atoms. The van der Waals surface area contributed by atoms with Gasteiger partial charge in [-0.05, 0) is 44.3 Å². The van der Waals surface area contributed by atoms with Crippen LogP contribution in [0.3, 0.4) is 0 Å². The molecule has 2 aromatic rings. The summed E-state index contributed by atoms with van der Waals surface area (Å²) in [6.45, 7) is 7.73. The number of aromatic nitrogens is 3. The third-order valence-corrected chi connectivity index (χ3v) is 4.62. The zero-order valence-corrected chi connectivity index (χ0v) is 17.0. The van der Waals surface area contributed by atoms with Crippen molar-refractivity contribution in [3.05, 3.63) is 28.2 Å². The first kappa shape index (κ1) is 21.3. The second kappa shape index (κ2) is 10.3. The van der Waals surface area contributed by atoms with E-state index in [4.69, 9.17) is 27.9 Å². The number of methoxy groups -OCH3 is 1. The maximum absolute atomic E-state index is 11.5. The lowest BCUT2D eigenvalue weighted by molar-refractivity contribution is 0.119. The number of carbonyl (C=O) groups is 1. The molecule has 0 aliphatic heterocycles. The van der Waals surface area contributed by atoms with Crippen molar-refractivity contribution in [2.75, 3.05) is 32.1 Å². The van der Waals surface area contributed by atoms with E-state index in [1.165, 1.54) is 11.9 Å². The summed E-state index contributed by atoms with van der Waals surface area (Å²) >= 11 is 12.0. The molecule has 0 atom stereocenters. The highest BCUT2D eigenvalue weighted by molar-refractivity contribution is 6.42. The average molecular weight is 416 g/mol. The quantitative estimate of drug-likeness (QED) is 0.614. The first-order valence-corrected chi connectivity index (χ1v) is 9.37. The van der Waals surface area contributed by atoms with Gasteiger partial charge in [-0.2, -0.15) is 4.80 Å². The number of halogens is 2. The normalized spacial score (nSPS) is 10.9. The molecular formula is C17H23Cl2N5O3. The van der Waals surface area contributed by atoms with Crippen LogP contribution in [-0.4, -0.2) is 52.8 Å². The highest BCUT2D eigenvalue weighted by Gasteiger charge is 2.17. The molecule has 0 bridgehead atoms. The molecule has 1 heterocycles. The van der Waals surface area contributed by atoms with Gasteiger partial charge in [0.25, 0.3) is 5.88 Å². The summed E-state index contributed by atoms with van der Waals surface area (Å²) in [5.74, 6) is 0.303. The minimum absolute atomic E-state index is 0.0239. The van der Waals surface area contributed by atoms with E-state index in [1.54, 1.807) is 18.2 Å². The SMILES string of the molecule is CCN(CC)CCCn1nc(Nc2ccc(Cl)c(Cl)c2)c(OC(=O)OC)n1. The van der Waals surface area contributed by atoms with Crippen molar-refractivity contribution in [2.45, 2.75) is 26.8 Å². The first-order valence-electron chi connectivity index (χ1n) is 8.62. The molecule has 0 aliphatic rings. The lowest BCUT2D eigenvalue weighted by atomic mass is 10.3. The van der Waals surface area contributed by atoms with Crippen molar-refractivity contribution in [1.82, 2.24) is 19.9 Å². The minimum Gasteiger partial charge on any atom is -0.437 e.